The Morgan fingerprint density at radius 1 is 1.09 bits per heavy atom. The summed E-state index contributed by atoms with van der Waals surface area (Å²) < 4.78 is 1.76. The summed E-state index contributed by atoms with van der Waals surface area (Å²) in [5, 5.41) is 5.18. The van der Waals surface area contributed by atoms with Gasteiger partial charge in [0.2, 0.25) is 0 Å². The molecule has 8 heteroatoms. The zero-order chi connectivity index (χ0) is 21.9. The second-order valence-electron chi connectivity index (χ2n) is 8.33. The largest absolute Gasteiger partial charge is 0.299 e. The molecule has 4 aromatic rings. The van der Waals surface area contributed by atoms with E-state index in [2.05, 4.69) is 25.0 Å². The maximum absolute atomic E-state index is 12.9. The Bertz CT molecular complexity index is 1230. The van der Waals surface area contributed by atoms with E-state index in [0.717, 1.165) is 66.2 Å². The molecule has 5 heterocycles. The molecule has 0 aliphatic carbocycles. The zero-order valence-corrected chi connectivity index (χ0v) is 18.1. The summed E-state index contributed by atoms with van der Waals surface area (Å²) in [6.45, 7) is 2.50. The van der Waals surface area contributed by atoms with Gasteiger partial charge in [0.15, 0.2) is 0 Å². The summed E-state index contributed by atoms with van der Waals surface area (Å²) in [6, 6.07) is 7.75. The van der Waals surface area contributed by atoms with Crippen molar-refractivity contribution in [2.24, 2.45) is 13.0 Å². The van der Waals surface area contributed by atoms with Gasteiger partial charge in [0.05, 0.1) is 24.0 Å². The number of ketones is 1. The predicted molar refractivity (Wildman–Crippen MR) is 120 cm³/mol. The molecular formula is C24H25N7O. The Kier molecular flexibility index (Phi) is 5.68. The average Bonchev–Trinajstić information content (AvgIpc) is 3.26. The summed E-state index contributed by atoms with van der Waals surface area (Å²) in [5.41, 5.74) is 3.46. The smallest absolute Gasteiger partial charge is 0.142 e. The van der Waals surface area contributed by atoms with Crippen molar-refractivity contribution in [3.05, 3.63) is 66.8 Å². The van der Waals surface area contributed by atoms with Gasteiger partial charge < -0.3 is 0 Å². The van der Waals surface area contributed by atoms with Crippen LogP contribution in [0.1, 0.15) is 24.4 Å². The van der Waals surface area contributed by atoms with Crippen molar-refractivity contribution in [2.45, 2.75) is 25.8 Å². The van der Waals surface area contributed by atoms with E-state index >= 15 is 0 Å². The molecule has 0 N–H and O–H groups in total. The van der Waals surface area contributed by atoms with Gasteiger partial charge in [-0.05, 0) is 50.2 Å². The fourth-order valence-electron chi connectivity index (χ4n) is 4.22. The summed E-state index contributed by atoms with van der Waals surface area (Å²) in [6.07, 6.45) is 11.2. The highest BCUT2D eigenvalue weighted by Gasteiger charge is 2.25. The number of piperidine rings is 1. The van der Waals surface area contributed by atoms with E-state index in [1.165, 1.54) is 0 Å². The minimum atomic E-state index is 0.0788. The maximum Gasteiger partial charge on any atom is 0.142 e. The summed E-state index contributed by atoms with van der Waals surface area (Å²) >= 11 is 0. The molecule has 1 aliphatic heterocycles. The molecule has 0 amide bonds. The van der Waals surface area contributed by atoms with Crippen molar-refractivity contribution in [2.75, 3.05) is 13.1 Å². The molecule has 0 unspecified atom stereocenters. The molecule has 1 fully saturated rings. The molecule has 0 spiro atoms. The number of fused-ring (bicyclic) bond motifs is 1. The molecule has 4 aromatic heterocycles. The normalized spacial score (nSPS) is 15.3. The van der Waals surface area contributed by atoms with Crippen LogP contribution < -0.4 is 0 Å². The lowest BCUT2D eigenvalue weighted by molar-refractivity contribution is -0.123. The van der Waals surface area contributed by atoms with E-state index in [1.54, 1.807) is 29.5 Å². The SMILES string of the molecule is Cn1cc(-c2ccc3cnc(CC(=O)C4CCN(Cc5ncccn5)CC4)cc3n2)cn1. The number of aromatic nitrogens is 6. The molecule has 162 valence electrons. The topological polar surface area (TPSA) is 89.7 Å². The van der Waals surface area contributed by atoms with Gasteiger partial charge >= 0.3 is 0 Å². The fraction of sp³-hybridized carbons (Fsp3) is 0.333. The molecule has 5 rings (SSSR count). The van der Waals surface area contributed by atoms with Crippen molar-refractivity contribution in [3.63, 3.8) is 0 Å². The van der Waals surface area contributed by atoms with Crippen molar-refractivity contribution in [1.29, 1.82) is 0 Å². The maximum atomic E-state index is 12.9. The van der Waals surface area contributed by atoms with E-state index in [4.69, 9.17) is 4.98 Å². The van der Waals surface area contributed by atoms with E-state index in [9.17, 15) is 4.79 Å². The number of aryl methyl sites for hydroxylation is 1. The van der Waals surface area contributed by atoms with Gasteiger partial charge in [-0.15, -0.1) is 0 Å². The Hall–Kier alpha value is -3.52. The van der Waals surface area contributed by atoms with Crippen LogP contribution in [0.15, 0.2) is 55.2 Å². The molecule has 8 nitrogen and oxygen atoms in total. The Morgan fingerprint density at radius 3 is 2.66 bits per heavy atom. The van der Waals surface area contributed by atoms with Crippen LogP contribution in [-0.2, 0) is 24.8 Å². The van der Waals surface area contributed by atoms with Crippen LogP contribution in [0.3, 0.4) is 0 Å². The van der Waals surface area contributed by atoms with E-state index in [1.807, 2.05) is 37.5 Å². The number of likely N-dealkylation sites (tertiary alicyclic amines) is 1. The third-order valence-corrected chi connectivity index (χ3v) is 6.01. The van der Waals surface area contributed by atoms with Crippen LogP contribution in [0.5, 0.6) is 0 Å². The van der Waals surface area contributed by atoms with Crippen molar-refractivity contribution in [3.8, 4) is 11.3 Å². The number of nitrogens with zero attached hydrogens (tertiary/aromatic N) is 7. The van der Waals surface area contributed by atoms with Gasteiger partial charge in [-0.3, -0.25) is 19.4 Å². The third kappa shape index (κ3) is 4.55. The molecule has 0 bridgehead atoms. The van der Waals surface area contributed by atoms with Crippen LogP contribution in [-0.4, -0.2) is 53.5 Å². The first kappa shape index (κ1) is 20.4. The summed E-state index contributed by atoms with van der Waals surface area (Å²) in [7, 11) is 1.89. The third-order valence-electron chi connectivity index (χ3n) is 6.01. The molecule has 32 heavy (non-hydrogen) atoms. The quantitative estimate of drug-likeness (QED) is 0.467. The number of Topliss-reactive ketones (excluding diaryl/α,β-unsaturated/α-hetero) is 1. The van der Waals surface area contributed by atoms with Crippen LogP contribution >= 0.6 is 0 Å². The molecular weight excluding hydrogens is 402 g/mol. The monoisotopic (exact) mass is 427 g/mol. The predicted octanol–water partition coefficient (Wildman–Crippen LogP) is 2.84. The minimum absolute atomic E-state index is 0.0788. The standard InChI is InChI=1S/C24H25N7O/c1-30-15-19(14-28-30)21-4-3-18-13-27-20(11-22(18)29-21)12-23(32)17-5-9-31(10-6-17)16-24-25-7-2-8-26-24/h2-4,7-8,11,13-15,17H,5-6,9-10,12,16H2,1H3. The van der Waals surface area contributed by atoms with Crippen LogP contribution in [0, 0.1) is 5.92 Å². The lowest BCUT2D eigenvalue weighted by Crippen LogP contribution is -2.36. The molecule has 1 saturated heterocycles. The van der Waals surface area contributed by atoms with Crippen LogP contribution in [0.4, 0.5) is 0 Å². The van der Waals surface area contributed by atoms with Crippen molar-refractivity contribution < 1.29 is 4.79 Å². The summed E-state index contributed by atoms with van der Waals surface area (Å²) in [4.78, 5) is 33.1. The number of hydrogen-bond acceptors (Lipinski definition) is 7. The number of hydrogen-bond donors (Lipinski definition) is 0. The number of carbonyl (C=O) groups is 1. The highest BCUT2D eigenvalue weighted by Crippen LogP contribution is 2.23. The average molecular weight is 428 g/mol. The van der Waals surface area contributed by atoms with Gasteiger partial charge in [0, 0.05) is 60.8 Å². The second-order valence-corrected chi connectivity index (χ2v) is 8.33. The summed E-state index contributed by atoms with van der Waals surface area (Å²) in [5.74, 6) is 1.17. The van der Waals surface area contributed by atoms with Gasteiger partial charge in [0.1, 0.15) is 11.6 Å². The van der Waals surface area contributed by atoms with E-state index in [0.29, 0.717) is 6.42 Å². The number of carbonyl (C=O) groups excluding carboxylic acids is 1. The van der Waals surface area contributed by atoms with Crippen molar-refractivity contribution in [1.82, 2.24) is 34.6 Å². The van der Waals surface area contributed by atoms with Gasteiger partial charge in [-0.25, -0.2) is 15.0 Å². The number of pyridine rings is 2. The first-order valence-electron chi connectivity index (χ1n) is 10.9. The first-order chi connectivity index (χ1) is 15.6. The Balaban J connectivity index is 1.22. The van der Waals surface area contributed by atoms with E-state index in [-0.39, 0.29) is 11.7 Å². The van der Waals surface area contributed by atoms with Crippen molar-refractivity contribution >= 4 is 16.7 Å². The molecule has 0 atom stereocenters. The van der Waals surface area contributed by atoms with Gasteiger partial charge in [-0.2, -0.15) is 5.10 Å². The minimum Gasteiger partial charge on any atom is -0.299 e. The Morgan fingerprint density at radius 2 is 1.91 bits per heavy atom. The second kappa shape index (κ2) is 8.92. The molecule has 0 radical (unpaired) electrons. The van der Waals surface area contributed by atoms with Gasteiger partial charge in [-0.1, -0.05) is 0 Å². The van der Waals surface area contributed by atoms with E-state index < -0.39 is 0 Å². The highest BCUT2D eigenvalue weighted by molar-refractivity contribution is 5.85. The first-order valence-corrected chi connectivity index (χ1v) is 10.9. The van der Waals surface area contributed by atoms with Crippen LogP contribution in [0.2, 0.25) is 0 Å². The highest BCUT2D eigenvalue weighted by atomic mass is 16.1. The molecule has 1 aliphatic rings. The molecule has 0 saturated carbocycles. The lowest BCUT2D eigenvalue weighted by atomic mass is 9.90. The number of rotatable bonds is 6. The fourth-order valence-corrected chi connectivity index (χ4v) is 4.22. The lowest BCUT2D eigenvalue weighted by Gasteiger charge is -2.30. The van der Waals surface area contributed by atoms with Gasteiger partial charge in [0.25, 0.3) is 0 Å². The molecule has 0 aromatic carbocycles. The van der Waals surface area contributed by atoms with Crippen LogP contribution in [0.25, 0.3) is 22.2 Å². The Labute approximate surface area is 186 Å². The zero-order valence-electron chi connectivity index (χ0n) is 18.1.